The molecule has 3 N–H and O–H groups in total. The quantitative estimate of drug-likeness (QED) is 0.496. The number of anilines is 3. The fourth-order valence-corrected chi connectivity index (χ4v) is 4.93. The average molecular weight is 446 g/mol. The SMILES string of the molecule is CC1(C)C(=O)N(c2ccccc2)c2cc(-n3c(=O)c(N)nc4sc(C(=O)O)cc43)ccc21. The summed E-state index contributed by atoms with van der Waals surface area (Å²) in [6.45, 7) is 3.73. The fourth-order valence-electron chi connectivity index (χ4n) is 4.07. The summed E-state index contributed by atoms with van der Waals surface area (Å²) in [6.07, 6.45) is 0. The Bertz CT molecular complexity index is 1490. The van der Waals surface area contributed by atoms with Crippen LogP contribution in [0.2, 0.25) is 0 Å². The zero-order valence-corrected chi connectivity index (χ0v) is 18.0. The lowest BCUT2D eigenvalue weighted by molar-refractivity contribution is -0.121. The molecule has 0 saturated heterocycles. The van der Waals surface area contributed by atoms with Crippen LogP contribution in [-0.2, 0) is 10.2 Å². The number of benzene rings is 2. The van der Waals surface area contributed by atoms with Crippen molar-refractivity contribution in [3.8, 4) is 5.69 Å². The molecule has 1 aliphatic rings. The third kappa shape index (κ3) is 2.75. The highest BCUT2D eigenvalue weighted by Crippen LogP contribution is 2.46. The van der Waals surface area contributed by atoms with E-state index in [2.05, 4.69) is 4.98 Å². The van der Waals surface area contributed by atoms with Gasteiger partial charge in [-0.15, -0.1) is 11.3 Å². The van der Waals surface area contributed by atoms with E-state index in [1.54, 1.807) is 17.0 Å². The number of carbonyl (C=O) groups excluding carboxylic acids is 1. The van der Waals surface area contributed by atoms with Gasteiger partial charge in [-0.3, -0.25) is 19.1 Å². The highest BCUT2D eigenvalue weighted by atomic mass is 32.1. The van der Waals surface area contributed by atoms with Gasteiger partial charge in [0.1, 0.15) is 9.71 Å². The highest BCUT2D eigenvalue weighted by molar-refractivity contribution is 7.20. The highest BCUT2D eigenvalue weighted by Gasteiger charge is 2.44. The smallest absolute Gasteiger partial charge is 0.346 e. The molecule has 0 aliphatic carbocycles. The minimum Gasteiger partial charge on any atom is -0.477 e. The van der Waals surface area contributed by atoms with Crippen LogP contribution in [0.4, 0.5) is 17.2 Å². The third-order valence-electron chi connectivity index (χ3n) is 5.70. The first kappa shape index (κ1) is 20.0. The summed E-state index contributed by atoms with van der Waals surface area (Å²) < 4.78 is 1.35. The second-order valence-corrected chi connectivity index (χ2v) is 9.08. The summed E-state index contributed by atoms with van der Waals surface area (Å²) in [6, 6.07) is 16.0. The number of hydrogen-bond acceptors (Lipinski definition) is 6. The number of nitrogen functional groups attached to an aromatic ring is 1. The third-order valence-corrected chi connectivity index (χ3v) is 6.70. The first-order valence-electron chi connectivity index (χ1n) is 9.80. The van der Waals surface area contributed by atoms with Crippen molar-refractivity contribution >= 4 is 50.8 Å². The number of amides is 1. The first-order chi connectivity index (χ1) is 15.2. The molecular weight excluding hydrogens is 428 g/mol. The van der Waals surface area contributed by atoms with E-state index < -0.39 is 16.9 Å². The van der Waals surface area contributed by atoms with Crippen molar-refractivity contribution in [1.29, 1.82) is 0 Å². The molecular formula is C23H18N4O4S. The number of carbonyl (C=O) groups is 2. The predicted octanol–water partition coefficient (Wildman–Crippen LogP) is 3.68. The van der Waals surface area contributed by atoms with E-state index in [0.29, 0.717) is 21.7 Å². The largest absolute Gasteiger partial charge is 0.477 e. The monoisotopic (exact) mass is 446 g/mol. The summed E-state index contributed by atoms with van der Waals surface area (Å²) >= 11 is 0.945. The van der Waals surface area contributed by atoms with Gasteiger partial charge in [0.25, 0.3) is 5.56 Å². The summed E-state index contributed by atoms with van der Waals surface area (Å²) in [7, 11) is 0. The Labute approximate surface area is 186 Å². The Morgan fingerprint density at radius 1 is 1.06 bits per heavy atom. The van der Waals surface area contributed by atoms with Crippen molar-refractivity contribution < 1.29 is 14.7 Å². The molecule has 0 saturated carbocycles. The number of fused-ring (bicyclic) bond motifs is 2. The lowest BCUT2D eigenvalue weighted by atomic mass is 9.86. The van der Waals surface area contributed by atoms with Crippen molar-refractivity contribution in [2.45, 2.75) is 19.3 Å². The molecule has 0 bridgehead atoms. The Morgan fingerprint density at radius 2 is 1.78 bits per heavy atom. The van der Waals surface area contributed by atoms with E-state index in [1.165, 1.54) is 10.6 Å². The molecule has 1 aliphatic heterocycles. The Hall–Kier alpha value is -3.98. The topological polar surface area (TPSA) is 119 Å². The molecule has 1 amide bonds. The van der Waals surface area contributed by atoms with Crippen LogP contribution >= 0.6 is 11.3 Å². The summed E-state index contributed by atoms with van der Waals surface area (Å²) in [5, 5.41) is 9.38. The van der Waals surface area contributed by atoms with Crippen LogP contribution < -0.4 is 16.2 Å². The minimum atomic E-state index is -1.11. The van der Waals surface area contributed by atoms with Crippen LogP contribution in [0.3, 0.4) is 0 Å². The molecule has 2 aromatic heterocycles. The molecule has 0 fully saturated rings. The Balaban J connectivity index is 1.78. The number of rotatable bonds is 3. The fraction of sp³-hybridized carbons (Fsp3) is 0.130. The van der Waals surface area contributed by atoms with Crippen molar-refractivity contribution in [3.05, 3.63) is 75.4 Å². The molecule has 0 unspecified atom stereocenters. The van der Waals surface area contributed by atoms with E-state index in [4.69, 9.17) is 5.73 Å². The molecule has 4 aromatic rings. The second-order valence-electron chi connectivity index (χ2n) is 8.05. The van der Waals surface area contributed by atoms with Crippen LogP contribution in [0.1, 0.15) is 29.1 Å². The second kappa shape index (κ2) is 6.76. The maximum absolute atomic E-state index is 13.3. The number of carboxylic acids is 1. The number of para-hydroxylation sites is 1. The van der Waals surface area contributed by atoms with Crippen molar-refractivity contribution in [2.24, 2.45) is 0 Å². The van der Waals surface area contributed by atoms with Gasteiger partial charge in [0.15, 0.2) is 5.82 Å². The molecule has 0 radical (unpaired) electrons. The Morgan fingerprint density at radius 3 is 2.47 bits per heavy atom. The number of aromatic carboxylic acids is 1. The predicted molar refractivity (Wildman–Crippen MR) is 123 cm³/mol. The van der Waals surface area contributed by atoms with E-state index in [1.807, 2.05) is 50.2 Å². The molecule has 160 valence electrons. The molecule has 32 heavy (non-hydrogen) atoms. The average Bonchev–Trinajstić information content (AvgIpc) is 3.26. The van der Waals surface area contributed by atoms with Gasteiger partial charge < -0.3 is 10.8 Å². The summed E-state index contributed by atoms with van der Waals surface area (Å²) in [5.41, 5.74) is 7.58. The van der Waals surface area contributed by atoms with Gasteiger partial charge in [0.05, 0.1) is 22.3 Å². The van der Waals surface area contributed by atoms with Crippen LogP contribution in [-0.4, -0.2) is 26.5 Å². The van der Waals surface area contributed by atoms with Gasteiger partial charge >= 0.3 is 5.97 Å². The van der Waals surface area contributed by atoms with E-state index in [0.717, 1.165) is 22.6 Å². The van der Waals surface area contributed by atoms with E-state index >= 15 is 0 Å². The van der Waals surface area contributed by atoms with Crippen LogP contribution in [0, 0.1) is 0 Å². The zero-order chi connectivity index (χ0) is 22.8. The zero-order valence-electron chi connectivity index (χ0n) is 17.2. The summed E-state index contributed by atoms with van der Waals surface area (Å²) in [4.78, 5) is 43.8. The standard InChI is InChI=1S/C23H18N4O4S/c1-23(2)14-9-8-13(10-15(14)27(22(23)31)12-6-4-3-5-7-12)26-16-11-17(21(29)30)32-19(16)25-18(24)20(26)28/h3-11H,1-2H3,(H2,24,25)(H,29,30). The molecule has 0 atom stereocenters. The number of aromatic nitrogens is 2. The van der Waals surface area contributed by atoms with Gasteiger partial charge in [-0.05, 0) is 49.7 Å². The molecule has 5 rings (SSSR count). The molecule has 8 nitrogen and oxygen atoms in total. The molecule has 9 heteroatoms. The molecule has 3 heterocycles. The number of nitrogens with zero attached hydrogens (tertiary/aromatic N) is 3. The number of hydrogen-bond donors (Lipinski definition) is 2. The maximum Gasteiger partial charge on any atom is 0.346 e. The van der Waals surface area contributed by atoms with Crippen LogP contribution in [0.15, 0.2) is 59.4 Å². The van der Waals surface area contributed by atoms with Crippen molar-refractivity contribution in [1.82, 2.24) is 9.55 Å². The lowest BCUT2D eigenvalue weighted by Crippen LogP contribution is -2.33. The number of nitrogens with two attached hydrogens (primary N) is 1. The normalized spacial score (nSPS) is 14.7. The van der Waals surface area contributed by atoms with Gasteiger partial charge in [-0.25, -0.2) is 9.78 Å². The molecule has 0 spiro atoms. The van der Waals surface area contributed by atoms with Gasteiger partial charge in [-0.1, -0.05) is 24.3 Å². The lowest BCUT2D eigenvalue weighted by Gasteiger charge is -2.20. The van der Waals surface area contributed by atoms with Gasteiger partial charge in [-0.2, -0.15) is 0 Å². The van der Waals surface area contributed by atoms with E-state index in [9.17, 15) is 19.5 Å². The van der Waals surface area contributed by atoms with Crippen molar-refractivity contribution in [3.63, 3.8) is 0 Å². The first-order valence-corrected chi connectivity index (χ1v) is 10.6. The maximum atomic E-state index is 13.3. The minimum absolute atomic E-state index is 0.0506. The Kier molecular flexibility index (Phi) is 4.22. The summed E-state index contributed by atoms with van der Waals surface area (Å²) in [5.74, 6) is -1.42. The molecule has 2 aromatic carbocycles. The van der Waals surface area contributed by atoms with Gasteiger partial charge in [0.2, 0.25) is 5.91 Å². The van der Waals surface area contributed by atoms with Crippen molar-refractivity contribution in [2.75, 3.05) is 10.6 Å². The van der Waals surface area contributed by atoms with Crippen LogP contribution in [0.25, 0.3) is 16.0 Å². The number of carboxylic acid groups (broad SMARTS) is 1. The van der Waals surface area contributed by atoms with E-state index in [-0.39, 0.29) is 16.6 Å². The number of thiophene rings is 1. The van der Waals surface area contributed by atoms with Gasteiger partial charge in [0, 0.05) is 5.69 Å². The van der Waals surface area contributed by atoms with Crippen LogP contribution in [0.5, 0.6) is 0 Å².